The van der Waals surface area contributed by atoms with Gasteiger partial charge < -0.3 is 40.3 Å². The van der Waals surface area contributed by atoms with Gasteiger partial charge in [0.05, 0.1) is 25.4 Å². The Labute approximate surface area is 362 Å². The summed E-state index contributed by atoms with van der Waals surface area (Å²) in [6, 6.07) is -0.732. The van der Waals surface area contributed by atoms with Gasteiger partial charge in [-0.05, 0) is 64.2 Å². The lowest BCUT2D eigenvalue weighted by Crippen LogP contribution is -2.60. The van der Waals surface area contributed by atoms with Crippen LogP contribution in [0.25, 0.3) is 0 Å². The maximum absolute atomic E-state index is 13.0. The molecule has 0 radical (unpaired) electrons. The molecule has 1 amide bonds. The lowest BCUT2D eigenvalue weighted by atomic mass is 9.99. The molecular formula is C50H95NO8. The lowest BCUT2D eigenvalue weighted by Gasteiger charge is -2.40. The summed E-state index contributed by atoms with van der Waals surface area (Å²) in [6.07, 6.45) is 42.0. The Balaban J connectivity index is 2.25. The van der Waals surface area contributed by atoms with Crippen LogP contribution in [0.1, 0.15) is 232 Å². The van der Waals surface area contributed by atoms with Gasteiger partial charge in [0.15, 0.2) is 6.29 Å². The number of hydrogen-bond acceptors (Lipinski definition) is 8. The number of nitrogens with one attached hydrogen (secondary N) is 1. The molecule has 0 aromatic rings. The molecule has 0 aromatic heterocycles. The van der Waals surface area contributed by atoms with E-state index in [1.54, 1.807) is 0 Å². The molecule has 9 nitrogen and oxygen atoms in total. The van der Waals surface area contributed by atoms with Crippen LogP contribution in [0.4, 0.5) is 0 Å². The highest BCUT2D eigenvalue weighted by Crippen LogP contribution is 2.23. The Morgan fingerprint density at radius 2 is 0.949 bits per heavy atom. The smallest absolute Gasteiger partial charge is 0.220 e. The van der Waals surface area contributed by atoms with E-state index >= 15 is 0 Å². The van der Waals surface area contributed by atoms with E-state index in [9.17, 15) is 30.3 Å². The molecule has 2 unspecified atom stereocenters. The molecule has 7 atom stereocenters. The van der Waals surface area contributed by atoms with Crippen molar-refractivity contribution in [1.29, 1.82) is 0 Å². The SMILES string of the molecule is CCCCCCCC/C=C/CCCCCCCCCCCCCCCC(=O)N[C@@H](CO[C@H]1O[C@@H](CO)[C@H](O)C(O)C1O)[C@H](O)CCCC/C=C/CCCCCCCCC. The number of carbonyl (C=O) groups excluding carboxylic acids is 1. The van der Waals surface area contributed by atoms with Gasteiger partial charge in [-0.3, -0.25) is 4.79 Å². The fourth-order valence-corrected chi connectivity index (χ4v) is 7.97. The molecule has 348 valence electrons. The molecular weight excluding hydrogens is 743 g/mol. The van der Waals surface area contributed by atoms with Gasteiger partial charge in [0, 0.05) is 6.42 Å². The van der Waals surface area contributed by atoms with Gasteiger partial charge in [0.25, 0.3) is 0 Å². The second-order valence-electron chi connectivity index (χ2n) is 17.6. The second-order valence-corrected chi connectivity index (χ2v) is 17.6. The fraction of sp³-hybridized carbons (Fsp3) is 0.900. The predicted molar refractivity (Wildman–Crippen MR) is 244 cm³/mol. The molecule has 1 fully saturated rings. The van der Waals surface area contributed by atoms with Crippen molar-refractivity contribution < 1.29 is 39.8 Å². The molecule has 6 N–H and O–H groups in total. The largest absolute Gasteiger partial charge is 0.394 e. The van der Waals surface area contributed by atoms with Gasteiger partial charge in [-0.1, -0.05) is 186 Å². The van der Waals surface area contributed by atoms with E-state index in [0.29, 0.717) is 12.8 Å². The minimum Gasteiger partial charge on any atom is -0.394 e. The molecule has 9 heteroatoms. The summed E-state index contributed by atoms with van der Waals surface area (Å²) in [4.78, 5) is 13.0. The van der Waals surface area contributed by atoms with Crippen LogP contribution in [0.2, 0.25) is 0 Å². The number of carbonyl (C=O) groups is 1. The average molecular weight is 838 g/mol. The summed E-state index contributed by atoms with van der Waals surface area (Å²) in [5.74, 6) is -0.153. The molecule has 1 saturated heterocycles. The third kappa shape index (κ3) is 31.2. The molecule has 0 spiro atoms. The van der Waals surface area contributed by atoms with Crippen molar-refractivity contribution in [3.05, 3.63) is 24.3 Å². The van der Waals surface area contributed by atoms with E-state index in [1.165, 1.54) is 161 Å². The van der Waals surface area contributed by atoms with Gasteiger partial charge in [0.1, 0.15) is 24.4 Å². The van der Waals surface area contributed by atoms with E-state index in [-0.39, 0.29) is 12.5 Å². The average Bonchev–Trinajstić information content (AvgIpc) is 3.23. The third-order valence-corrected chi connectivity index (χ3v) is 12.0. The van der Waals surface area contributed by atoms with Crippen molar-refractivity contribution >= 4 is 5.91 Å². The molecule has 1 aliphatic heterocycles. The van der Waals surface area contributed by atoms with Crippen molar-refractivity contribution in [3.8, 4) is 0 Å². The normalized spacial score (nSPS) is 20.8. The van der Waals surface area contributed by atoms with Crippen molar-refractivity contribution in [2.75, 3.05) is 13.2 Å². The minimum atomic E-state index is -1.56. The number of amides is 1. The summed E-state index contributed by atoms with van der Waals surface area (Å²) in [7, 11) is 0. The number of unbranched alkanes of at least 4 members (excludes halogenated alkanes) is 28. The zero-order valence-corrected chi connectivity index (χ0v) is 38.3. The quantitative estimate of drug-likeness (QED) is 0.0263. The van der Waals surface area contributed by atoms with Crippen LogP contribution in [0.5, 0.6) is 0 Å². The van der Waals surface area contributed by atoms with Crippen LogP contribution in [0.15, 0.2) is 24.3 Å². The molecule has 1 heterocycles. The Kier molecular flexibility index (Phi) is 38.4. The lowest BCUT2D eigenvalue weighted by molar-refractivity contribution is -0.302. The molecule has 59 heavy (non-hydrogen) atoms. The zero-order chi connectivity index (χ0) is 43.0. The molecule has 1 rings (SSSR count). The highest BCUT2D eigenvalue weighted by atomic mass is 16.7. The highest BCUT2D eigenvalue weighted by molar-refractivity contribution is 5.76. The first-order valence-corrected chi connectivity index (χ1v) is 25.0. The third-order valence-electron chi connectivity index (χ3n) is 12.0. The van der Waals surface area contributed by atoms with Crippen LogP contribution in [0, 0.1) is 0 Å². The van der Waals surface area contributed by atoms with Crippen LogP contribution >= 0.6 is 0 Å². The van der Waals surface area contributed by atoms with Gasteiger partial charge >= 0.3 is 0 Å². The standard InChI is InChI=1S/C50H95NO8/c1-3-5-7-9-11-13-15-17-18-19-20-21-22-23-24-25-26-28-30-32-34-36-38-40-46(54)51-43(42-58-50-49(57)48(56)47(55)45(41-52)59-50)44(53)39-37-35-33-31-29-27-16-14-12-10-8-6-4-2/h17-18,29,31,43-45,47-50,52-53,55-57H,3-16,19-28,30,32-42H2,1-2H3,(H,51,54)/b18-17+,31-29+/t43-,44+,45-,47-,48?,49?,50-/m0/s1. The Morgan fingerprint density at radius 3 is 1.37 bits per heavy atom. The van der Waals surface area contributed by atoms with E-state index in [2.05, 4.69) is 43.5 Å². The minimum absolute atomic E-state index is 0.148. The van der Waals surface area contributed by atoms with Crippen molar-refractivity contribution in [1.82, 2.24) is 5.32 Å². The molecule has 0 saturated carbocycles. The van der Waals surface area contributed by atoms with Gasteiger partial charge in [-0.2, -0.15) is 0 Å². The first-order valence-electron chi connectivity index (χ1n) is 25.0. The number of hydrogen-bond donors (Lipinski definition) is 6. The monoisotopic (exact) mass is 838 g/mol. The maximum Gasteiger partial charge on any atom is 0.220 e. The van der Waals surface area contributed by atoms with Crippen LogP contribution in [-0.4, -0.2) is 87.5 Å². The number of aliphatic hydroxyl groups is 5. The molecule has 1 aliphatic rings. The summed E-state index contributed by atoms with van der Waals surface area (Å²) >= 11 is 0. The predicted octanol–water partition coefficient (Wildman–Crippen LogP) is 11.1. The summed E-state index contributed by atoms with van der Waals surface area (Å²) in [5.41, 5.74) is 0. The summed E-state index contributed by atoms with van der Waals surface area (Å²) in [6.45, 7) is 3.81. The number of aliphatic hydroxyl groups excluding tert-OH is 5. The zero-order valence-electron chi connectivity index (χ0n) is 38.3. The van der Waals surface area contributed by atoms with Gasteiger partial charge in [-0.25, -0.2) is 0 Å². The van der Waals surface area contributed by atoms with Crippen molar-refractivity contribution in [3.63, 3.8) is 0 Å². The summed E-state index contributed by atoms with van der Waals surface area (Å²) in [5, 5.41) is 54.4. The van der Waals surface area contributed by atoms with E-state index in [1.807, 2.05) is 0 Å². The van der Waals surface area contributed by atoms with E-state index < -0.39 is 49.5 Å². The molecule has 0 bridgehead atoms. The number of allylic oxidation sites excluding steroid dienone is 4. The Hall–Kier alpha value is -1.33. The van der Waals surface area contributed by atoms with E-state index in [0.717, 1.165) is 44.9 Å². The number of rotatable bonds is 42. The van der Waals surface area contributed by atoms with Crippen LogP contribution in [-0.2, 0) is 14.3 Å². The topological polar surface area (TPSA) is 149 Å². The maximum atomic E-state index is 13.0. The highest BCUT2D eigenvalue weighted by Gasteiger charge is 2.44. The van der Waals surface area contributed by atoms with Crippen LogP contribution in [0.3, 0.4) is 0 Å². The Morgan fingerprint density at radius 1 is 0.559 bits per heavy atom. The Bertz CT molecular complexity index is 977. The van der Waals surface area contributed by atoms with Crippen LogP contribution < -0.4 is 5.32 Å². The second kappa shape index (κ2) is 40.7. The summed E-state index contributed by atoms with van der Waals surface area (Å²) < 4.78 is 11.3. The van der Waals surface area contributed by atoms with Gasteiger partial charge in [-0.15, -0.1) is 0 Å². The molecule has 0 aromatic carbocycles. The first-order chi connectivity index (χ1) is 28.8. The van der Waals surface area contributed by atoms with E-state index in [4.69, 9.17) is 9.47 Å². The molecule has 0 aliphatic carbocycles. The van der Waals surface area contributed by atoms with Crippen molar-refractivity contribution in [2.24, 2.45) is 0 Å². The fourth-order valence-electron chi connectivity index (χ4n) is 7.97. The first kappa shape index (κ1) is 55.7. The van der Waals surface area contributed by atoms with Crippen molar-refractivity contribution in [2.45, 2.75) is 275 Å². The number of ether oxygens (including phenoxy) is 2. The van der Waals surface area contributed by atoms with Gasteiger partial charge in [0.2, 0.25) is 5.91 Å².